The van der Waals surface area contributed by atoms with Crippen molar-refractivity contribution in [2.75, 3.05) is 0 Å². The van der Waals surface area contributed by atoms with Gasteiger partial charge in [-0.25, -0.2) is 4.79 Å². The molecule has 68 valence electrons. The van der Waals surface area contributed by atoms with Gasteiger partial charge in [0.25, 0.3) is 5.78 Å². The molecule has 1 N–H and O–H groups in total. The Morgan fingerprint density at radius 1 is 1.15 bits per heavy atom. The fraction of sp³-hybridized carbons (Fsp3) is 0.200. The monoisotopic (exact) mass is 178 g/mol. The third kappa shape index (κ3) is 1.75. The first-order valence-corrected chi connectivity index (χ1v) is 3.88. The van der Waals surface area contributed by atoms with Crippen LogP contribution in [0.4, 0.5) is 0 Å². The summed E-state index contributed by atoms with van der Waals surface area (Å²) in [4.78, 5) is 21.6. The molecule has 0 amide bonds. The summed E-state index contributed by atoms with van der Waals surface area (Å²) in [7, 11) is 0. The van der Waals surface area contributed by atoms with Crippen molar-refractivity contribution < 1.29 is 14.7 Å². The number of carboxylic acids is 1. The summed E-state index contributed by atoms with van der Waals surface area (Å²) in [6, 6.07) is 5.25. The van der Waals surface area contributed by atoms with Gasteiger partial charge >= 0.3 is 5.97 Å². The van der Waals surface area contributed by atoms with Gasteiger partial charge in [-0.3, -0.25) is 4.79 Å². The van der Waals surface area contributed by atoms with Gasteiger partial charge in [0.2, 0.25) is 0 Å². The molecule has 1 aromatic rings. The topological polar surface area (TPSA) is 54.4 Å². The van der Waals surface area contributed by atoms with Gasteiger partial charge in [-0.05, 0) is 25.0 Å². The molecule has 0 saturated carbocycles. The molecule has 0 heterocycles. The maximum absolute atomic E-state index is 11.2. The first-order valence-electron chi connectivity index (χ1n) is 3.88. The summed E-state index contributed by atoms with van der Waals surface area (Å²) in [5.41, 5.74) is 1.70. The SMILES string of the molecule is Cc1cccc(C)c1C(=O)C(=O)O. The van der Waals surface area contributed by atoms with Crippen LogP contribution in [-0.2, 0) is 4.79 Å². The van der Waals surface area contributed by atoms with E-state index in [1.54, 1.807) is 32.0 Å². The highest BCUT2D eigenvalue weighted by atomic mass is 16.4. The van der Waals surface area contributed by atoms with Crippen molar-refractivity contribution in [2.45, 2.75) is 13.8 Å². The van der Waals surface area contributed by atoms with Crippen molar-refractivity contribution in [1.29, 1.82) is 0 Å². The van der Waals surface area contributed by atoms with E-state index >= 15 is 0 Å². The van der Waals surface area contributed by atoms with Crippen LogP contribution in [0.2, 0.25) is 0 Å². The normalized spacial score (nSPS) is 9.69. The van der Waals surface area contributed by atoms with Crippen molar-refractivity contribution >= 4 is 11.8 Å². The minimum Gasteiger partial charge on any atom is -0.475 e. The number of rotatable bonds is 2. The summed E-state index contributed by atoms with van der Waals surface area (Å²) < 4.78 is 0. The van der Waals surface area contributed by atoms with Crippen molar-refractivity contribution in [3.8, 4) is 0 Å². The Morgan fingerprint density at radius 3 is 2.00 bits per heavy atom. The first-order chi connectivity index (χ1) is 6.04. The molecule has 0 radical (unpaired) electrons. The number of aryl methyl sites for hydroxylation is 2. The zero-order chi connectivity index (χ0) is 10.0. The lowest BCUT2D eigenvalue weighted by atomic mass is 9.99. The van der Waals surface area contributed by atoms with E-state index in [0.29, 0.717) is 16.7 Å². The summed E-state index contributed by atoms with van der Waals surface area (Å²) in [6.07, 6.45) is 0. The highest BCUT2D eigenvalue weighted by Gasteiger charge is 2.18. The molecule has 0 aliphatic rings. The van der Waals surface area contributed by atoms with Gasteiger partial charge in [-0.15, -0.1) is 0 Å². The summed E-state index contributed by atoms with van der Waals surface area (Å²) in [6.45, 7) is 3.45. The Kier molecular flexibility index (Phi) is 2.46. The molecule has 0 bridgehead atoms. The molecule has 0 aliphatic heterocycles. The molecular formula is C10H10O3. The Morgan fingerprint density at radius 2 is 1.62 bits per heavy atom. The highest BCUT2D eigenvalue weighted by molar-refractivity contribution is 6.40. The van der Waals surface area contributed by atoms with E-state index in [-0.39, 0.29) is 0 Å². The molecule has 0 unspecified atom stereocenters. The van der Waals surface area contributed by atoms with Gasteiger partial charge in [-0.1, -0.05) is 18.2 Å². The van der Waals surface area contributed by atoms with E-state index in [1.165, 1.54) is 0 Å². The van der Waals surface area contributed by atoms with Crippen molar-refractivity contribution in [1.82, 2.24) is 0 Å². The number of hydrogen-bond acceptors (Lipinski definition) is 2. The average molecular weight is 178 g/mol. The maximum Gasteiger partial charge on any atom is 0.377 e. The van der Waals surface area contributed by atoms with Crippen LogP contribution in [0.25, 0.3) is 0 Å². The number of carboxylic acid groups (broad SMARTS) is 1. The van der Waals surface area contributed by atoms with E-state index < -0.39 is 11.8 Å². The van der Waals surface area contributed by atoms with Crippen molar-refractivity contribution in [2.24, 2.45) is 0 Å². The molecule has 0 atom stereocenters. The van der Waals surface area contributed by atoms with Crippen LogP contribution < -0.4 is 0 Å². The number of aliphatic carboxylic acids is 1. The van der Waals surface area contributed by atoms with Crippen LogP contribution in [0.1, 0.15) is 21.5 Å². The third-order valence-electron chi connectivity index (χ3n) is 1.90. The average Bonchev–Trinajstić information content (AvgIpc) is 2.03. The Hall–Kier alpha value is -1.64. The Labute approximate surface area is 76.0 Å². The molecule has 1 aromatic carbocycles. The molecule has 1 rings (SSSR count). The van der Waals surface area contributed by atoms with Gasteiger partial charge in [0.05, 0.1) is 0 Å². The van der Waals surface area contributed by atoms with E-state index in [0.717, 1.165) is 0 Å². The summed E-state index contributed by atoms with van der Waals surface area (Å²) in [5, 5.41) is 8.53. The zero-order valence-corrected chi connectivity index (χ0v) is 7.50. The molecule has 0 fully saturated rings. The van der Waals surface area contributed by atoms with E-state index in [1.807, 2.05) is 0 Å². The number of ketones is 1. The lowest BCUT2D eigenvalue weighted by Crippen LogP contribution is -2.15. The van der Waals surface area contributed by atoms with E-state index in [2.05, 4.69) is 0 Å². The number of carbonyl (C=O) groups is 2. The molecule has 0 aliphatic carbocycles. The van der Waals surface area contributed by atoms with Crippen LogP contribution in [0.5, 0.6) is 0 Å². The quantitative estimate of drug-likeness (QED) is 0.552. The second-order valence-electron chi connectivity index (χ2n) is 2.90. The Balaban J connectivity index is 3.28. The van der Waals surface area contributed by atoms with Crippen LogP contribution in [0.3, 0.4) is 0 Å². The molecular weight excluding hydrogens is 168 g/mol. The molecule has 3 heteroatoms. The predicted octanol–water partition coefficient (Wildman–Crippen LogP) is 1.57. The highest BCUT2D eigenvalue weighted by Crippen LogP contribution is 2.13. The largest absolute Gasteiger partial charge is 0.475 e. The van der Waals surface area contributed by atoms with Gasteiger partial charge in [0.1, 0.15) is 0 Å². The van der Waals surface area contributed by atoms with Crippen LogP contribution in [0.15, 0.2) is 18.2 Å². The fourth-order valence-electron chi connectivity index (χ4n) is 1.28. The summed E-state index contributed by atoms with van der Waals surface area (Å²) in [5.74, 6) is -2.24. The van der Waals surface area contributed by atoms with Gasteiger partial charge < -0.3 is 5.11 Å². The molecule has 0 aromatic heterocycles. The van der Waals surface area contributed by atoms with Gasteiger partial charge in [0, 0.05) is 5.56 Å². The number of carbonyl (C=O) groups excluding carboxylic acids is 1. The molecule has 13 heavy (non-hydrogen) atoms. The molecule has 0 saturated heterocycles. The number of benzene rings is 1. The smallest absolute Gasteiger partial charge is 0.377 e. The fourth-order valence-corrected chi connectivity index (χ4v) is 1.28. The molecule has 0 spiro atoms. The van der Waals surface area contributed by atoms with Gasteiger partial charge in [0.15, 0.2) is 0 Å². The zero-order valence-electron chi connectivity index (χ0n) is 7.50. The number of hydrogen-bond donors (Lipinski definition) is 1. The predicted molar refractivity (Wildman–Crippen MR) is 47.9 cm³/mol. The van der Waals surface area contributed by atoms with Crippen LogP contribution in [-0.4, -0.2) is 16.9 Å². The minimum atomic E-state index is -1.41. The second-order valence-corrected chi connectivity index (χ2v) is 2.90. The van der Waals surface area contributed by atoms with Crippen LogP contribution in [0, 0.1) is 13.8 Å². The summed E-state index contributed by atoms with van der Waals surface area (Å²) >= 11 is 0. The van der Waals surface area contributed by atoms with Crippen molar-refractivity contribution in [3.05, 3.63) is 34.9 Å². The lowest BCUT2D eigenvalue weighted by molar-refractivity contribution is -0.131. The molecule has 3 nitrogen and oxygen atoms in total. The van der Waals surface area contributed by atoms with Crippen molar-refractivity contribution in [3.63, 3.8) is 0 Å². The standard InChI is InChI=1S/C10H10O3/c1-6-4-3-5-7(2)8(6)9(11)10(12)13/h3-5H,1-2H3,(H,12,13). The first kappa shape index (κ1) is 9.45. The number of Topliss-reactive ketones (excluding diaryl/α,β-unsaturated/α-hetero) is 1. The minimum absolute atomic E-state index is 0.301. The third-order valence-corrected chi connectivity index (χ3v) is 1.90. The maximum atomic E-state index is 11.2. The van der Waals surface area contributed by atoms with Gasteiger partial charge in [-0.2, -0.15) is 0 Å². The Bertz CT molecular complexity index is 346. The van der Waals surface area contributed by atoms with E-state index in [9.17, 15) is 9.59 Å². The second kappa shape index (κ2) is 3.39. The van der Waals surface area contributed by atoms with E-state index in [4.69, 9.17) is 5.11 Å². The lowest BCUT2D eigenvalue weighted by Gasteiger charge is -2.04. The van der Waals surface area contributed by atoms with Crippen LogP contribution >= 0.6 is 0 Å².